The predicted molar refractivity (Wildman–Crippen MR) is 56.8 cm³/mol. The van der Waals surface area contributed by atoms with Crippen molar-refractivity contribution in [3.63, 3.8) is 0 Å². The van der Waals surface area contributed by atoms with Crippen LogP contribution in [0.4, 0.5) is 0 Å². The van der Waals surface area contributed by atoms with Crippen LogP contribution in [0, 0.1) is 5.92 Å². The van der Waals surface area contributed by atoms with Gasteiger partial charge in [-0.05, 0) is 17.5 Å². The van der Waals surface area contributed by atoms with Crippen LogP contribution in [-0.4, -0.2) is 22.2 Å². The molecule has 0 aliphatic rings. The summed E-state index contributed by atoms with van der Waals surface area (Å²) in [5, 5.41) is 10.2. The fraction of sp³-hybridized carbons (Fsp3) is 0.545. The van der Waals surface area contributed by atoms with Gasteiger partial charge in [0.2, 0.25) is 0 Å². The molecule has 1 unspecified atom stereocenters. The van der Waals surface area contributed by atoms with Crippen molar-refractivity contribution in [1.29, 1.82) is 0 Å². The molecule has 3 heteroatoms. The van der Waals surface area contributed by atoms with Gasteiger partial charge < -0.3 is 10.8 Å². The Hall–Kier alpha value is -0.930. The number of nitrogens with zero attached hydrogens (tertiary/aromatic N) is 1. The molecule has 3 nitrogen and oxygen atoms in total. The minimum atomic E-state index is -0.816. The average Bonchev–Trinajstić information content (AvgIpc) is 2.19. The molecule has 1 heterocycles. The van der Waals surface area contributed by atoms with Gasteiger partial charge in [-0.1, -0.05) is 19.9 Å². The van der Waals surface area contributed by atoms with Crippen LogP contribution in [0.25, 0.3) is 0 Å². The third kappa shape index (κ3) is 2.53. The van der Waals surface area contributed by atoms with Gasteiger partial charge in [0.1, 0.15) is 0 Å². The van der Waals surface area contributed by atoms with Crippen LogP contribution in [0.3, 0.4) is 0 Å². The number of rotatable bonds is 4. The highest BCUT2D eigenvalue weighted by Gasteiger charge is 2.29. The maximum atomic E-state index is 10.2. The number of aromatic nitrogens is 1. The van der Waals surface area contributed by atoms with E-state index in [-0.39, 0.29) is 12.5 Å². The van der Waals surface area contributed by atoms with Gasteiger partial charge in [0.25, 0.3) is 0 Å². The lowest BCUT2D eigenvalue weighted by Crippen LogP contribution is -2.44. The van der Waals surface area contributed by atoms with Crippen molar-refractivity contribution in [1.82, 2.24) is 4.98 Å². The van der Waals surface area contributed by atoms with Crippen LogP contribution in [0.5, 0.6) is 0 Å². The van der Waals surface area contributed by atoms with E-state index in [1.165, 1.54) is 0 Å². The van der Waals surface area contributed by atoms with E-state index in [1.54, 1.807) is 12.4 Å². The molecule has 1 aromatic heterocycles. The van der Waals surface area contributed by atoms with E-state index < -0.39 is 5.60 Å². The van der Waals surface area contributed by atoms with Gasteiger partial charge in [-0.25, -0.2) is 0 Å². The molecule has 1 aromatic rings. The molecule has 0 fully saturated rings. The van der Waals surface area contributed by atoms with E-state index in [2.05, 4.69) is 4.98 Å². The molecule has 0 amide bonds. The van der Waals surface area contributed by atoms with Crippen LogP contribution in [0.15, 0.2) is 24.5 Å². The lowest BCUT2D eigenvalue weighted by molar-refractivity contribution is 0.00401. The Labute approximate surface area is 85.0 Å². The number of hydrogen-bond acceptors (Lipinski definition) is 3. The Bertz CT molecular complexity index is 274. The van der Waals surface area contributed by atoms with E-state index in [0.717, 1.165) is 5.56 Å². The summed E-state index contributed by atoms with van der Waals surface area (Å²) in [5.41, 5.74) is 5.79. The Morgan fingerprint density at radius 3 is 2.71 bits per heavy atom. The number of hydrogen-bond donors (Lipinski definition) is 2. The minimum absolute atomic E-state index is 0.146. The predicted octanol–water partition coefficient (Wildman–Crippen LogP) is 0.970. The van der Waals surface area contributed by atoms with E-state index in [4.69, 9.17) is 5.73 Å². The summed E-state index contributed by atoms with van der Waals surface area (Å²) in [7, 11) is 0. The third-order valence-corrected chi connectivity index (χ3v) is 2.66. The van der Waals surface area contributed by atoms with Crippen LogP contribution >= 0.6 is 0 Å². The van der Waals surface area contributed by atoms with Crippen LogP contribution in [0.1, 0.15) is 19.4 Å². The monoisotopic (exact) mass is 194 g/mol. The van der Waals surface area contributed by atoms with E-state index >= 15 is 0 Å². The van der Waals surface area contributed by atoms with Crippen molar-refractivity contribution in [2.24, 2.45) is 11.7 Å². The minimum Gasteiger partial charge on any atom is -0.388 e. The summed E-state index contributed by atoms with van der Waals surface area (Å²) in [5.74, 6) is 0.146. The van der Waals surface area contributed by atoms with Crippen molar-refractivity contribution in [3.8, 4) is 0 Å². The number of pyridine rings is 1. The second-order valence-corrected chi connectivity index (χ2v) is 4.00. The molecule has 1 rings (SSSR count). The van der Waals surface area contributed by atoms with E-state index in [9.17, 15) is 5.11 Å². The molecule has 78 valence electrons. The first-order chi connectivity index (χ1) is 6.58. The summed E-state index contributed by atoms with van der Waals surface area (Å²) in [6.07, 6.45) is 4.05. The quantitative estimate of drug-likeness (QED) is 0.751. The molecule has 0 radical (unpaired) electrons. The van der Waals surface area contributed by atoms with Gasteiger partial charge in [-0.3, -0.25) is 4.98 Å². The van der Waals surface area contributed by atoms with Crippen LogP contribution in [-0.2, 0) is 6.42 Å². The largest absolute Gasteiger partial charge is 0.388 e. The van der Waals surface area contributed by atoms with Crippen molar-refractivity contribution in [2.45, 2.75) is 25.9 Å². The summed E-state index contributed by atoms with van der Waals surface area (Å²) in [4.78, 5) is 4.01. The number of nitrogens with two attached hydrogens (primary N) is 1. The third-order valence-electron chi connectivity index (χ3n) is 2.66. The normalized spacial score (nSPS) is 15.5. The van der Waals surface area contributed by atoms with E-state index in [1.807, 2.05) is 26.0 Å². The smallest absolute Gasteiger partial charge is 0.0832 e. The standard InChI is InChI=1S/C11H18N2O/c1-9(2)11(14,8-12)6-10-4-3-5-13-7-10/h3-5,7,9,14H,6,8,12H2,1-2H3. The lowest BCUT2D eigenvalue weighted by Gasteiger charge is -2.30. The van der Waals surface area contributed by atoms with Crippen molar-refractivity contribution >= 4 is 0 Å². The summed E-state index contributed by atoms with van der Waals surface area (Å²) in [6.45, 7) is 4.23. The van der Waals surface area contributed by atoms with Crippen LogP contribution < -0.4 is 5.73 Å². The maximum absolute atomic E-state index is 10.2. The second-order valence-electron chi connectivity index (χ2n) is 4.00. The highest BCUT2D eigenvalue weighted by Crippen LogP contribution is 2.20. The van der Waals surface area contributed by atoms with Crippen molar-refractivity contribution in [2.75, 3.05) is 6.54 Å². The fourth-order valence-electron chi connectivity index (χ4n) is 1.37. The zero-order valence-corrected chi connectivity index (χ0v) is 8.77. The van der Waals surface area contributed by atoms with Gasteiger partial charge >= 0.3 is 0 Å². The molecule has 0 saturated carbocycles. The molecule has 3 N–H and O–H groups in total. The summed E-state index contributed by atoms with van der Waals surface area (Å²) >= 11 is 0. The first-order valence-corrected chi connectivity index (χ1v) is 4.90. The van der Waals surface area contributed by atoms with Gasteiger partial charge in [-0.15, -0.1) is 0 Å². The Morgan fingerprint density at radius 1 is 1.57 bits per heavy atom. The average molecular weight is 194 g/mol. The fourth-order valence-corrected chi connectivity index (χ4v) is 1.37. The van der Waals surface area contributed by atoms with Gasteiger partial charge in [0, 0.05) is 25.4 Å². The summed E-state index contributed by atoms with van der Waals surface area (Å²) < 4.78 is 0. The molecular weight excluding hydrogens is 176 g/mol. The molecule has 0 aliphatic carbocycles. The molecule has 0 aromatic carbocycles. The molecule has 1 atom stereocenters. The highest BCUT2D eigenvalue weighted by molar-refractivity contribution is 5.12. The molecule has 0 saturated heterocycles. The second kappa shape index (κ2) is 4.53. The summed E-state index contributed by atoms with van der Waals surface area (Å²) in [6, 6.07) is 3.82. The Balaban J connectivity index is 2.76. The molecule has 0 spiro atoms. The molecule has 0 aliphatic heterocycles. The van der Waals surface area contributed by atoms with Crippen molar-refractivity contribution in [3.05, 3.63) is 30.1 Å². The Kier molecular flexibility index (Phi) is 3.61. The van der Waals surface area contributed by atoms with E-state index in [0.29, 0.717) is 6.42 Å². The van der Waals surface area contributed by atoms with Gasteiger partial charge in [-0.2, -0.15) is 0 Å². The highest BCUT2D eigenvalue weighted by atomic mass is 16.3. The Morgan fingerprint density at radius 2 is 2.29 bits per heavy atom. The van der Waals surface area contributed by atoms with Crippen molar-refractivity contribution < 1.29 is 5.11 Å². The molecule has 14 heavy (non-hydrogen) atoms. The first kappa shape index (κ1) is 11.1. The molecular formula is C11H18N2O. The number of aliphatic hydroxyl groups is 1. The van der Waals surface area contributed by atoms with Gasteiger partial charge in [0.15, 0.2) is 0 Å². The molecule has 0 bridgehead atoms. The zero-order chi connectivity index (χ0) is 10.6. The lowest BCUT2D eigenvalue weighted by atomic mass is 9.85. The topological polar surface area (TPSA) is 59.1 Å². The van der Waals surface area contributed by atoms with Gasteiger partial charge in [0.05, 0.1) is 5.60 Å². The first-order valence-electron chi connectivity index (χ1n) is 4.90. The SMILES string of the molecule is CC(C)C(O)(CN)Cc1cccnc1. The zero-order valence-electron chi connectivity index (χ0n) is 8.77. The van der Waals surface area contributed by atoms with Crippen LogP contribution in [0.2, 0.25) is 0 Å². The maximum Gasteiger partial charge on any atom is 0.0832 e.